The van der Waals surface area contributed by atoms with Gasteiger partial charge in [0.05, 0.1) is 5.56 Å². The van der Waals surface area contributed by atoms with E-state index < -0.39 is 11.7 Å². The van der Waals surface area contributed by atoms with Crippen molar-refractivity contribution in [2.75, 3.05) is 6.54 Å². The van der Waals surface area contributed by atoms with Gasteiger partial charge in [-0.2, -0.15) is 13.2 Å². The van der Waals surface area contributed by atoms with Crippen LogP contribution in [0.4, 0.5) is 13.2 Å². The topological polar surface area (TPSA) is 17.0 Å². The monoisotopic (exact) mass is 296 g/mol. The van der Waals surface area contributed by atoms with Gasteiger partial charge in [0.25, 0.3) is 0 Å². The Morgan fingerprint density at radius 3 is 2.62 bits per heavy atom. The number of rotatable bonds is 5. The van der Waals surface area contributed by atoms with E-state index in [1.165, 1.54) is 12.1 Å². The molecule has 0 aliphatic rings. The SMILES string of the molecule is CCNC(C)c1cccn1Cc1cccc(C(F)(F)F)c1. The average Bonchev–Trinajstić information content (AvgIpc) is 2.86. The molecule has 2 nitrogen and oxygen atoms in total. The number of nitrogens with one attached hydrogen (secondary N) is 1. The van der Waals surface area contributed by atoms with Gasteiger partial charge in [-0.15, -0.1) is 0 Å². The van der Waals surface area contributed by atoms with E-state index in [2.05, 4.69) is 5.32 Å². The molecule has 0 saturated heterocycles. The lowest BCUT2D eigenvalue weighted by molar-refractivity contribution is -0.137. The second-order valence-corrected chi connectivity index (χ2v) is 5.04. The zero-order valence-electron chi connectivity index (χ0n) is 12.1. The Labute approximate surface area is 122 Å². The molecule has 1 N–H and O–H groups in total. The van der Waals surface area contributed by atoms with Crippen LogP contribution in [0.5, 0.6) is 0 Å². The van der Waals surface area contributed by atoms with Crippen LogP contribution < -0.4 is 5.32 Å². The highest BCUT2D eigenvalue weighted by atomic mass is 19.4. The van der Waals surface area contributed by atoms with Crippen LogP contribution in [0.25, 0.3) is 0 Å². The molecule has 1 aromatic carbocycles. The summed E-state index contributed by atoms with van der Waals surface area (Å²) in [5.74, 6) is 0. The van der Waals surface area contributed by atoms with Crippen molar-refractivity contribution in [1.29, 1.82) is 0 Å². The average molecular weight is 296 g/mol. The molecule has 1 atom stereocenters. The normalized spacial score (nSPS) is 13.4. The number of hydrogen-bond donors (Lipinski definition) is 1. The van der Waals surface area contributed by atoms with Crippen molar-refractivity contribution >= 4 is 0 Å². The lowest BCUT2D eigenvalue weighted by Crippen LogP contribution is -2.20. The standard InChI is InChI=1S/C16H19F3N2/c1-3-20-12(2)15-8-5-9-21(15)11-13-6-4-7-14(10-13)16(17,18)19/h4-10,12,20H,3,11H2,1-2H3. The van der Waals surface area contributed by atoms with Gasteiger partial charge < -0.3 is 9.88 Å². The number of hydrogen-bond acceptors (Lipinski definition) is 1. The Bertz CT molecular complexity index is 587. The lowest BCUT2D eigenvalue weighted by atomic mass is 10.1. The molecule has 2 aromatic rings. The van der Waals surface area contributed by atoms with E-state index in [0.29, 0.717) is 12.1 Å². The van der Waals surface area contributed by atoms with Crippen LogP contribution in [0, 0.1) is 0 Å². The highest BCUT2D eigenvalue weighted by Crippen LogP contribution is 2.29. The molecule has 0 saturated carbocycles. The van der Waals surface area contributed by atoms with Crippen molar-refractivity contribution < 1.29 is 13.2 Å². The fraction of sp³-hybridized carbons (Fsp3) is 0.375. The molecule has 0 aliphatic heterocycles. The first-order valence-electron chi connectivity index (χ1n) is 6.96. The second kappa shape index (κ2) is 6.35. The minimum absolute atomic E-state index is 0.163. The molecule has 0 amide bonds. The van der Waals surface area contributed by atoms with Crippen LogP contribution in [-0.4, -0.2) is 11.1 Å². The molecule has 2 rings (SSSR count). The summed E-state index contributed by atoms with van der Waals surface area (Å²) in [7, 11) is 0. The summed E-state index contributed by atoms with van der Waals surface area (Å²) in [6.07, 6.45) is -2.41. The third-order valence-electron chi connectivity index (χ3n) is 3.43. The molecule has 5 heteroatoms. The predicted octanol–water partition coefficient (Wildman–Crippen LogP) is 4.23. The first-order chi connectivity index (χ1) is 9.91. The van der Waals surface area contributed by atoms with Gasteiger partial charge in [-0.05, 0) is 43.3 Å². The Morgan fingerprint density at radius 2 is 1.95 bits per heavy atom. The van der Waals surface area contributed by atoms with Crippen molar-refractivity contribution in [1.82, 2.24) is 9.88 Å². The van der Waals surface area contributed by atoms with E-state index in [0.717, 1.165) is 18.3 Å². The van der Waals surface area contributed by atoms with Crippen molar-refractivity contribution in [2.24, 2.45) is 0 Å². The molecular formula is C16H19F3N2. The molecule has 1 heterocycles. The Morgan fingerprint density at radius 1 is 1.19 bits per heavy atom. The van der Waals surface area contributed by atoms with Gasteiger partial charge in [-0.25, -0.2) is 0 Å². The molecule has 21 heavy (non-hydrogen) atoms. The predicted molar refractivity (Wildman–Crippen MR) is 77.1 cm³/mol. The largest absolute Gasteiger partial charge is 0.416 e. The van der Waals surface area contributed by atoms with Gasteiger partial charge in [0.1, 0.15) is 0 Å². The maximum Gasteiger partial charge on any atom is 0.416 e. The summed E-state index contributed by atoms with van der Waals surface area (Å²) in [6.45, 7) is 5.34. The maximum atomic E-state index is 12.7. The zero-order chi connectivity index (χ0) is 15.5. The molecule has 0 spiro atoms. The van der Waals surface area contributed by atoms with Crippen LogP contribution in [0.15, 0.2) is 42.6 Å². The van der Waals surface area contributed by atoms with Gasteiger partial charge in [-0.1, -0.05) is 19.1 Å². The quantitative estimate of drug-likeness (QED) is 0.874. The van der Waals surface area contributed by atoms with Crippen molar-refractivity contribution in [3.63, 3.8) is 0 Å². The highest BCUT2D eigenvalue weighted by molar-refractivity contribution is 5.26. The van der Waals surface area contributed by atoms with Gasteiger partial charge >= 0.3 is 6.18 Å². The minimum Gasteiger partial charge on any atom is -0.346 e. The molecule has 0 radical (unpaired) electrons. The van der Waals surface area contributed by atoms with Crippen molar-refractivity contribution in [3.05, 3.63) is 59.4 Å². The molecule has 1 unspecified atom stereocenters. The van der Waals surface area contributed by atoms with Crippen molar-refractivity contribution in [2.45, 2.75) is 32.6 Å². The molecule has 1 aromatic heterocycles. The van der Waals surface area contributed by atoms with Crippen molar-refractivity contribution in [3.8, 4) is 0 Å². The third kappa shape index (κ3) is 3.88. The van der Waals surface area contributed by atoms with Gasteiger partial charge in [0, 0.05) is 24.5 Å². The number of aromatic nitrogens is 1. The van der Waals surface area contributed by atoms with Gasteiger partial charge in [0.15, 0.2) is 0 Å². The fourth-order valence-electron chi connectivity index (χ4n) is 2.42. The third-order valence-corrected chi connectivity index (χ3v) is 3.43. The van der Waals surface area contributed by atoms with Gasteiger partial charge in [0.2, 0.25) is 0 Å². The van der Waals surface area contributed by atoms with E-state index in [9.17, 15) is 13.2 Å². The molecule has 114 valence electrons. The van der Waals surface area contributed by atoms with E-state index in [1.54, 1.807) is 6.07 Å². The summed E-state index contributed by atoms with van der Waals surface area (Å²) >= 11 is 0. The number of benzene rings is 1. The van der Waals surface area contributed by atoms with Crippen LogP contribution >= 0.6 is 0 Å². The Balaban J connectivity index is 2.21. The van der Waals surface area contributed by atoms with E-state index >= 15 is 0 Å². The first kappa shape index (κ1) is 15.6. The maximum absolute atomic E-state index is 12.7. The number of alkyl halides is 3. The van der Waals surface area contributed by atoms with Gasteiger partial charge in [-0.3, -0.25) is 0 Å². The summed E-state index contributed by atoms with van der Waals surface area (Å²) in [5, 5.41) is 3.31. The van der Waals surface area contributed by atoms with E-state index in [1.807, 2.05) is 36.7 Å². The zero-order valence-corrected chi connectivity index (χ0v) is 12.1. The number of nitrogens with zero attached hydrogens (tertiary/aromatic N) is 1. The fourth-order valence-corrected chi connectivity index (χ4v) is 2.42. The molecular weight excluding hydrogens is 277 g/mol. The highest BCUT2D eigenvalue weighted by Gasteiger charge is 2.30. The molecule has 0 fully saturated rings. The first-order valence-corrected chi connectivity index (χ1v) is 6.96. The van der Waals surface area contributed by atoms with Crippen LogP contribution in [0.2, 0.25) is 0 Å². The van der Waals surface area contributed by atoms with Crippen LogP contribution in [0.3, 0.4) is 0 Å². The smallest absolute Gasteiger partial charge is 0.346 e. The van der Waals surface area contributed by atoms with Crippen LogP contribution in [0.1, 0.15) is 36.7 Å². The second-order valence-electron chi connectivity index (χ2n) is 5.04. The summed E-state index contributed by atoms with van der Waals surface area (Å²) < 4.78 is 40.2. The minimum atomic E-state index is -4.30. The summed E-state index contributed by atoms with van der Waals surface area (Å²) in [4.78, 5) is 0. The van der Waals surface area contributed by atoms with E-state index in [-0.39, 0.29) is 6.04 Å². The summed E-state index contributed by atoms with van der Waals surface area (Å²) in [6, 6.07) is 9.54. The summed E-state index contributed by atoms with van der Waals surface area (Å²) in [5.41, 5.74) is 1.11. The number of halogens is 3. The van der Waals surface area contributed by atoms with E-state index in [4.69, 9.17) is 0 Å². The Hall–Kier alpha value is -1.75. The molecule has 0 bridgehead atoms. The lowest BCUT2D eigenvalue weighted by Gasteiger charge is -2.17. The van der Waals surface area contributed by atoms with Crippen LogP contribution in [-0.2, 0) is 12.7 Å². The Kier molecular flexibility index (Phi) is 4.73. The molecule has 0 aliphatic carbocycles.